The fraction of sp³-hybridized carbons (Fsp3) is 0.500. The topological polar surface area (TPSA) is 150 Å². The van der Waals surface area contributed by atoms with Crippen LogP contribution in [0.15, 0.2) is 40.1 Å². The normalized spacial score (nSPS) is 18.1. The number of hydrogen-bond donors (Lipinski definition) is 1. The highest BCUT2D eigenvalue weighted by Gasteiger charge is 2.28. The zero-order chi connectivity index (χ0) is 34.6. The van der Waals surface area contributed by atoms with Crippen molar-refractivity contribution in [2.45, 2.75) is 46.3 Å². The first-order valence-corrected chi connectivity index (χ1v) is 16.4. The summed E-state index contributed by atoms with van der Waals surface area (Å²) in [6, 6.07) is 3.60. The maximum Gasteiger partial charge on any atom is 0.410 e. The van der Waals surface area contributed by atoms with Crippen LogP contribution in [0.4, 0.5) is 21.2 Å². The molecular formula is C32H40Cl2N8O6. The smallest absolute Gasteiger partial charge is 0.410 e. The molecule has 0 aromatic carbocycles. The highest BCUT2D eigenvalue weighted by atomic mass is 35.5. The zero-order valence-electron chi connectivity index (χ0n) is 27.7. The number of carboxylic acid groups (broad SMARTS) is 1. The number of piperazine rings is 2. The number of amides is 2. The van der Waals surface area contributed by atoms with Gasteiger partial charge in [0, 0.05) is 64.8 Å². The van der Waals surface area contributed by atoms with Crippen LogP contribution >= 0.6 is 23.2 Å². The van der Waals surface area contributed by atoms with Gasteiger partial charge in [0.2, 0.25) is 11.8 Å². The molecule has 3 aliphatic rings. The van der Waals surface area contributed by atoms with E-state index in [0.717, 1.165) is 11.3 Å². The van der Waals surface area contributed by atoms with E-state index >= 15 is 0 Å². The molecule has 2 saturated heterocycles. The van der Waals surface area contributed by atoms with Crippen molar-refractivity contribution < 1.29 is 28.6 Å². The second-order valence-corrected chi connectivity index (χ2v) is 13.4. The number of aryl methyl sites for hydroxylation is 1. The first-order chi connectivity index (χ1) is 22.8. The predicted octanol–water partition coefficient (Wildman–Crippen LogP) is 5.46. The molecule has 48 heavy (non-hydrogen) atoms. The molecule has 6 heterocycles. The van der Waals surface area contributed by atoms with Crippen molar-refractivity contribution in [3.8, 4) is 11.5 Å². The molecule has 2 amide bonds. The van der Waals surface area contributed by atoms with Crippen LogP contribution in [0.25, 0.3) is 11.5 Å². The van der Waals surface area contributed by atoms with Crippen molar-refractivity contribution in [1.29, 1.82) is 0 Å². The number of carbonyl (C=O) groups excluding carboxylic acids is 1. The summed E-state index contributed by atoms with van der Waals surface area (Å²) in [5.74, 6) is 3.16. The Labute approximate surface area is 289 Å². The molecule has 1 atom stereocenters. The maximum atomic E-state index is 12.2. The summed E-state index contributed by atoms with van der Waals surface area (Å²) in [4.78, 5) is 47.6. The summed E-state index contributed by atoms with van der Waals surface area (Å²) < 4.78 is 16.5. The quantitative estimate of drug-likeness (QED) is 0.369. The molecule has 0 radical (unpaired) electrons. The van der Waals surface area contributed by atoms with Gasteiger partial charge in [0.05, 0.1) is 33.9 Å². The Bertz CT molecular complexity index is 1650. The Balaban J connectivity index is 0.000000190. The highest BCUT2D eigenvalue weighted by molar-refractivity contribution is 6.33. The number of nitrogens with zero attached hydrogens (tertiary/aromatic N) is 8. The van der Waals surface area contributed by atoms with Crippen molar-refractivity contribution in [2.24, 2.45) is 4.99 Å². The molecule has 6 rings (SSSR count). The van der Waals surface area contributed by atoms with E-state index < -0.39 is 11.7 Å². The Morgan fingerprint density at radius 2 is 1.40 bits per heavy atom. The number of carbonyl (C=O) groups is 2. The number of anilines is 2. The van der Waals surface area contributed by atoms with Crippen molar-refractivity contribution in [3.05, 3.63) is 52.1 Å². The lowest BCUT2D eigenvalue weighted by atomic mass is 10.2. The third-order valence-corrected chi connectivity index (χ3v) is 8.20. The van der Waals surface area contributed by atoms with Gasteiger partial charge < -0.3 is 38.6 Å². The number of hydrogen-bond acceptors (Lipinski definition) is 11. The van der Waals surface area contributed by atoms with Gasteiger partial charge in [-0.2, -0.15) is 0 Å². The van der Waals surface area contributed by atoms with Gasteiger partial charge in [-0.15, -0.1) is 0 Å². The van der Waals surface area contributed by atoms with Crippen LogP contribution in [0.2, 0.25) is 10.0 Å². The molecule has 3 aliphatic heterocycles. The molecule has 0 aliphatic carbocycles. The highest BCUT2D eigenvalue weighted by Crippen LogP contribution is 2.30. The van der Waals surface area contributed by atoms with Gasteiger partial charge in [-0.1, -0.05) is 23.2 Å². The third kappa shape index (κ3) is 8.78. The second kappa shape index (κ2) is 14.9. The lowest BCUT2D eigenvalue weighted by molar-refractivity contribution is 0.0240. The average Bonchev–Trinajstić information content (AvgIpc) is 3.69. The van der Waals surface area contributed by atoms with E-state index in [-0.39, 0.29) is 12.2 Å². The van der Waals surface area contributed by atoms with Crippen molar-refractivity contribution in [3.63, 3.8) is 0 Å². The summed E-state index contributed by atoms with van der Waals surface area (Å²) in [6.45, 7) is 14.5. The number of halogens is 2. The van der Waals surface area contributed by atoms with Crippen LogP contribution < -0.4 is 9.80 Å². The number of aliphatic imine (C=N–C) groups is 1. The Kier molecular flexibility index (Phi) is 10.8. The molecule has 16 heteroatoms. The molecule has 1 unspecified atom stereocenters. The molecular weight excluding hydrogens is 663 g/mol. The SMILES string of the molecule is CC1CN=C(c2cnc(N3CCN(C(=O)OC(C)(C)C)CC3)c(Cl)c2)O1.Cc1cnc(-c2cnc(N3CCN(C(=O)O)CC3)c(Cl)c2)o1. The predicted molar refractivity (Wildman–Crippen MR) is 183 cm³/mol. The number of aromatic nitrogens is 3. The minimum Gasteiger partial charge on any atom is -0.472 e. The van der Waals surface area contributed by atoms with Crippen LogP contribution in [0.1, 0.15) is 39.0 Å². The molecule has 2 fully saturated rings. The lowest BCUT2D eigenvalue weighted by Crippen LogP contribution is -2.50. The monoisotopic (exact) mass is 702 g/mol. The molecule has 3 aromatic rings. The molecule has 0 bridgehead atoms. The minimum atomic E-state index is -0.895. The summed E-state index contributed by atoms with van der Waals surface area (Å²) in [7, 11) is 0. The maximum absolute atomic E-state index is 12.2. The second-order valence-electron chi connectivity index (χ2n) is 12.6. The fourth-order valence-corrected chi connectivity index (χ4v) is 5.79. The first-order valence-electron chi connectivity index (χ1n) is 15.7. The fourth-order valence-electron chi connectivity index (χ4n) is 5.22. The van der Waals surface area contributed by atoms with Gasteiger partial charge in [-0.05, 0) is 46.8 Å². The molecule has 0 spiro atoms. The first kappa shape index (κ1) is 35.0. The largest absolute Gasteiger partial charge is 0.472 e. The van der Waals surface area contributed by atoms with Crippen LogP contribution in [0, 0.1) is 6.92 Å². The number of ether oxygens (including phenoxy) is 2. The van der Waals surface area contributed by atoms with Crippen molar-refractivity contribution in [1.82, 2.24) is 24.8 Å². The Morgan fingerprint density at radius 1 is 0.854 bits per heavy atom. The number of rotatable bonds is 4. The van der Waals surface area contributed by atoms with E-state index in [1.165, 1.54) is 4.90 Å². The molecule has 3 aromatic heterocycles. The van der Waals surface area contributed by atoms with E-state index in [9.17, 15) is 9.59 Å². The van der Waals surface area contributed by atoms with Crippen molar-refractivity contribution >= 4 is 52.9 Å². The standard InChI is InChI=1S/C18H25ClN4O3.C14H15ClN4O3/c1-12-10-21-16(25-12)13-9-14(19)15(20-11-13)22-5-7-23(8-6-22)17(24)26-18(2,3)4;1-9-7-17-13(22-9)10-6-11(15)12(16-8-10)18-2-4-19(5-3-18)14(20)21/h9,11-12H,5-8,10H2,1-4H3;6-8H,2-5H2,1H3,(H,20,21). The van der Waals surface area contributed by atoms with Crippen LogP contribution in [0.5, 0.6) is 0 Å². The zero-order valence-corrected chi connectivity index (χ0v) is 29.2. The van der Waals surface area contributed by atoms with E-state index in [4.69, 9.17) is 42.2 Å². The third-order valence-electron chi connectivity index (χ3n) is 7.64. The van der Waals surface area contributed by atoms with E-state index in [1.54, 1.807) is 29.6 Å². The summed E-state index contributed by atoms with van der Waals surface area (Å²) in [5, 5.41) is 10.0. The van der Waals surface area contributed by atoms with Crippen LogP contribution in [-0.2, 0) is 9.47 Å². The molecule has 258 valence electrons. The summed E-state index contributed by atoms with van der Waals surface area (Å²) in [6.07, 6.45) is 3.95. The molecule has 14 nitrogen and oxygen atoms in total. The molecule has 0 saturated carbocycles. The average molecular weight is 704 g/mol. The van der Waals surface area contributed by atoms with Gasteiger partial charge >= 0.3 is 12.2 Å². The van der Waals surface area contributed by atoms with Gasteiger partial charge in [0.1, 0.15) is 29.1 Å². The Hall–Kier alpha value is -4.30. The van der Waals surface area contributed by atoms with Gasteiger partial charge in [-0.25, -0.2) is 29.5 Å². The molecule has 1 N–H and O–H groups in total. The minimum absolute atomic E-state index is 0.0874. The van der Waals surface area contributed by atoms with Gasteiger partial charge in [0.25, 0.3) is 0 Å². The summed E-state index contributed by atoms with van der Waals surface area (Å²) >= 11 is 12.8. The van der Waals surface area contributed by atoms with E-state index in [0.29, 0.717) is 97.9 Å². The Morgan fingerprint density at radius 3 is 1.85 bits per heavy atom. The van der Waals surface area contributed by atoms with Crippen molar-refractivity contribution in [2.75, 3.05) is 68.7 Å². The van der Waals surface area contributed by atoms with Gasteiger partial charge in [0.15, 0.2) is 0 Å². The van der Waals surface area contributed by atoms with E-state index in [2.05, 4.69) is 24.8 Å². The van der Waals surface area contributed by atoms with Crippen LogP contribution in [-0.4, -0.2) is 119 Å². The van der Waals surface area contributed by atoms with Crippen LogP contribution in [0.3, 0.4) is 0 Å². The number of oxazole rings is 1. The van der Waals surface area contributed by atoms with E-state index in [1.807, 2.05) is 45.6 Å². The van der Waals surface area contributed by atoms with Gasteiger partial charge in [-0.3, -0.25) is 0 Å². The lowest BCUT2D eigenvalue weighted by Gasteiger charge is -2.36. The summed E-state index contributed by atoms with van der Waals surface area (Å²) in [5.41, 5.74) is 1.01. The number of pyridine rings is 2.